The average molecular weight is 453 g/mol. The molecule has 0 N–H and O–H groups in total. The predicted octanol–water partition coefficient (Wildman–Crippen LogP) is 4.94. The summed E-state index contributed by atoms with van der Waals surface area (Å²) in [5, 5.41) is 0.969. The fraction of sp³-hybridized carbons (Fsp3) is 0.423. The summed E-state index contributed by atoms with van der Waals surface area (Å²) < 4.78 is 28.0. The summed E-state index contributed by atoms with van der Waals surface area (Å²) in [4.78, 5) is 15.2. The van der Waals surface area contributed by atoms with E-state index in [1.54, 1.807) is 18.3 Å². The molecule has 0 fully saturated rings. The van der Waals surface area contributed by atoms with Crippen molar-refractivity contribution in [3.63, 3.8) is 0 Å². The third-order valence-corrected chi connectivity index (χ3v) is 8.20. The SMILES string of the molecule is CCCN(C(=O)C(C)C)[C@@H]1CCc2ccc3c(ccn3S(=O)(=O)c3ccc(C)cc3)c2C1. The Morgan fingerprint density at radius 1 is 1.12 bits per heavy atom. The third-order valence-electron chi connectivity index (χ3n) is 6.49. The zero-order valence-corrected chi connectivity index (χ0v) is 20.2. The highest BCUT2D eigenvalue weighted by Gasteiger charge is 2.30. The van der Waals surface area contributed by atoms with Crippen molar-refractivity contribution in [3.05, 3.63) is 65.4 Å². The molecule has 1 heterocycles. The van der Waals surface area contributed by atoms with E-state index in [1.165, 1.54) is 15.1 Å². The largest absolute Gasteiger partial charge is 0.339 e. The van der Waals surface area contributed by atoms with Crippen molar-refractivity contribution in [2.24, 2.45) is 5.92 Å². The lowest BCUT2D eigenvalue weighted by molar-refractivity contribution is -0.137. The van der Waals surface area contributed by atoms with Crippen LogP contribution in [0.4, 0.5) is 0 Å². The number of rotatable bonds is 6. The van der Waals surface area contributed by atoms with Gasteiger partial charge in [0, 0.05) is 30.1 Å². The van der Waals surface area contributed by atoms with Gasteiger partial charge >= 0.3 is 0 Å². The number of hydrogen-bond acceptors (Lipinski definition) is 3. The topological polar surface area (TPSA) is 59.4 Å². The summed E-state index contributed by atoms with van der Waals surface area (Å²) in [6.45, 7) is 8.71. The summed E-state index contributed by atoms with van der Waals surface area (Å²) in [6.07, 6.45) is 5.19. The Bertz CT molecular complexity index is 1240. The number of amides is 1. The van der Waals surface area contributed by atoms with Gasteiger partial charge in [-0.25, -0.2) is 12.4 Å². The van der Waals surface area contributed by atoms with Crippen LogP contribution in [0.2, 0.25) is 0 Å². The van der Waals surface area contributed by atoms with Gasteiger partial charge in [0.25, 0.3) is 10.0 Å². The van der Waals surface area contributed by atoms with Crippen LogP contribution in [0.25, 0.3) is 10.9 Å². The number of hydrogen-bond donors (Lipinski definition) is 0. The summed E-state index contributed by atoms with van der Waals surface area (Å²) in [7, 11) is -3.68. The number of benzene rings is 2. The van der Waals surface area contributed by atoms with Crippen molar-refractivity contribution in [1.29, 1.82) is 0 Å². The molecule has 2 aromatic carbocycles. The number of carbonyl (C=O) groups excluding carboxylic acids is 1. The molecule has 1 atom stereocenters. The standard InChI is InChI=1S/C26H32N2O3S/c1-5-15-27(26(29)18(2)3)21-10-8-20-9-13-25-23(24(20)17-21)14-16-28(25)32(30,31)22-11-6-19(4)7-12-22/h6-7,9,11-14,16,18,21H,5,8,10,15,17H2,1-4H3/t21-/m1/s1. The maximum Gasteiger partial charge on any atom is 0.268 e. The fourth-order valence-electron chi connectivity index (χ4n) is 4.78. The molecule has 1 aliphatic carbocycles. The van der Waals surface area contributed by atoms with Gasteiger partial charge in [-0.05, 0) is 68.0 Å². The maximum atomic E-state index is 13.3. The van der Waals surface area contributed by atoms with Crippen molar-refractivity contribution >= 4 is 26.8 Å². The molecule has 0 aliphatic heterocycles. The molecule has 3 aromatic rings. The highest BCUT2D eigenvalue weighted by molar-refractivity contribution is 7.90. The van der Waals surface area contributed by atoms with Crippen molar-refractivity contribution in [2.75, 3.05) is 6.54 Å². The minimum Gasteiger partial charge on any atom is -0.339 e. The number of nitrogens with zero attached hydrogens (tertiary/aromatic N) is 2. The molecule has 6 heteroatoms. The second-order valence-corrected chi connectivity index (χ2v) is 11.0. The highest BCUT2D eigenvalue weighted by Crippen LogP contribution is 2.33. The van der Waals surface area contributed by atoms with Gasteiger partial charge in [-0.1, -0.05) is 44.5 Å². The molecule has 170 valence electrons. The Labute approximate surface area is 191 Å². The van der Waals surface area contributed by atoms with Gasteiger partial charge in [0.1, 0.15) is 0 Å². The molecule has 0 unspecified atom stereocenters. The Morgan fingerprint density at radius 3 is 2.50 bits per heavy atom. The Hall–Kier alpha value is -2.60. The van der Waals surface area contributed by atoms with Crippen LogP contribution in [0.5, 0.6) is 0 Å². The zero-order chi connectivity index (χ0) is 23.0. The second-order valence-electron chi connectivity index (χ2n) is 9.15. The van der Waals surface area contributed by atoms with E-state index in [4.69, 9.17) is 0 Å². The number of fused-ring (bicyclic) bond motifs is 3. The van der Waals surface area contributed by atoms with Crippen LogP contribution in [-0.4, -0.2) is 35.8 Å². The van der Waals surface area contributed by atoms with Crippen molar-refractivity contribution in [2.45, 2.75) is 64.3 Å². The minimum absolute atomic E-state index is 0.0283. The summed E-state index contributed by atoms with van der Waals surface area (Å²) in [5.74, 6) is 0.173. The van der Waals surface area contributed by atoms with Crippen LogP contribution >= 0.6 is 0 Å². The Morgan fingerprint density at radius 2 is 1.84 bits per heavy atom. The predicted molar refractivity (Wildman–Crippen MR) is 128 cm³/mol. The number of carbonyl (C=O) groups is 1. The molecular formula is C26H32N2O3S. The van der Waals surface area contributed by atoms with Crippen LogP contribution in [0.15, 0.2) is 53.6 Å². The normalized spacial score (nSPS) is 16.3. The second kappa shape index (κ2) is 8.74. The first-order chi connectivity index (χ1) is 15.2. The molecule has 4 rings (SSSR count). The average Bonchev–Trinajstić information content (AvgIpc) is 3.22. The van der Waals surface area contributed by atoms with Crippen LogP contribution in [0, 0.1) is 12.8 Å². The molecule has 1 aromatic heterocycles. The van der Waals surface area contributed by atoms with E-state index in [-0.39, 0.29) is 22.8 Å². The molecule has 0 radical (unpaired) electrons. The van der Waals surface area contributed by atoms with Gasteiger partial charge in [0.05, 0.1) is 10.4 Å². The van der Waals surface area contributed by atoms with Crippen LogP contribution in [0.3, 0.4) is 0 Å². The molecule has 1 aliphatic rings. The van der Waals surface area contributed by atoms with Gasteiger partial charge in [-0.15, -0.1) is 0 Å². The molecular weight excluding hydrogens is 420 g/mol. The first-order valence-corrected chi connectivity index (χ1v) is 12.9. The zero-order valence-electron chi connectivity index (χ0n) is 19.3. The van der Waals surface area contributed by atoms with E-state index in [0.29, 0.717) is 5.52 Å². The molecule has 0 saturated heterocycles. The van der Waals surface area contributed by atoms with Crippen LogP contribution in [-0.2, 0) is 27.7 Å². The molecule has 0 spiro atoms. The van der Waals surface area contributed by atoms with Gasteiger partial charge < -0.3 is 4.90 Å². The van der Waals surface area contributed by atoms with E-state index in [9.17, 15) is 13.2 Å². The van der Waals surface area contributed by atoms with Gasteiger partial charge in [-0.2, -0.15) is 0 Å². The summed E-state index contributed by atoms with van der Waals surface area (Å²) in [6, 6.07) is 13.0. The highest BCUT2D eigenvalue weighted by atomic mass is 32.2. The van der Waals surface area contributed by atoms with Crippen molar-refractivity contribution < 1.29 is 13.2 Å². The van der Waals surface area contributed by atoms with E-state index in [1.807, 2.05) is 49.9 Å². The van der Waals surface area contributed by atoms with Gasteiger partial charge in [-0.3, -0.25) is 4.79 Å². The van der Waals surface area contributed by atoms with Crippen molar-refractivity contribution in [1.82, 2.24) is 8.87 Å². The minimum atomic E-state index is -3.68. The monoisotopic (exact) mass is 452 g/mol. The third kappa shape index (κ3) is 3.96. The smallest absolute Gasteiger partial charge is 0.268 e. The van der Waals surface area contributed by atoms with Crippen molar-refractivity contribution in [3.8, 4) is 0 Å². The van der Waals surface area contributed by atoms with E-state index < -0.39 is 10.0 Å². The summed E-state index contributed by atoms with van der Waals surface area (Å²) in [5.41, 5.74) is 4.15. The molecule has 1 amide bonds. The first kappa shape index (κ1) is 22.6. The lowest BCUT2D eigenvalue weighted by atomic mass is 9.85. The lowest BCUT2D eigenvalue weighted by Gasteiger charge is -2.36. The maximum absolute atomic E-state index is 13.3. The molecule has 5 nitrogen and oxygen atoms in total. The number of aryl methyl sites for hydroxylation is 2. The van der Waals surface area contributed by atoms with Crippen LogP contribution in [0.1, 0.15) is 50.3 Å². The van der Waals surface area contributed by atoms with E-state index in [2.05, 4.69) is 13.0 Å². The quantitative estimate of drug-likeness (QED) is 0.532. The Balaban J connectivity index is 1.74. The Kier molecular flexibility index (Phi) is 6.17. The first-order valence-electron chi connectivity index (χ1n) is 11.5. The lowest BCUT2D eigenvalue weighted by Crippen LogP contribution is -2.45. The molecule has 32 heavy (non-hydrogen) atoms. The number of aromatic nitrogens is 1. The molecule has 0 bridgehead atoms. The fourth-order valence-corrected chi connectivity index (χ4v) is 6.12. The summed E-state index contributed by atoms with van der Waals surface area (Å²) >= 11 is 0. The molecule has 0 saturated carbocycles. The van der Waals surface area contributed by atoms with Gasteiger partial charge in [0.15, 0.2) is 0 Å². The van der Waals surface area contributed by atoms with Gasteiger partial charge in [0.2, 0.25) is 5.91 Å². The van der Waals surface area contributed by atoms with E-state index >= 15 is 0 Å². The van der Waals surface area contributed by atoms with E-state index in [0.717, 1.165) is 43.2 Å². The van der Waals surface area contributed by atoms with Crippen LogP contribution < -0.4 is 0 Å².